The van der Waals surface area contributed by atoms with Crippen LogP contribution in [0, 0.1) is 6.92 Å². The van der Waals surface area contributed by atoms with Crippen LogP contribution in [0.5, 0.6) is 0 Å². The molecule has 142 valence electrons. The second kappa shape index (κ2) is 6.83. The van der Waals surface area contributed by atoms with Crippen molar-refractivity contribution in [1.82, 2.24) is 19.4 Å². The highest BCUT2D eigenvalue weighted by Gasteiger charge is 2.31. The van der Waals surface area contributed by atoms with E-state index in [4.69, 9.17) is 0 Å². The lowest BCUT2D eigenvalue weighted by Crippen LogP contribution is -2.40. The van der Waals surface area contributed by atoms with E-state index >= 15 is 0 Å². The van der Waals surface area contributed by atoms with Crippen LogP contribution in [0.25, 0.3) is 0 Å². The number of fused-ring (bicyclic) bond motifs is 2. The molecule has 2 aromatic rings. The summed E-state index contributed by atoms with van der Waals surface area (Å²) in [7, 11) is 3.50. The highest BCUT2D eigenvalue weighted by molar-refractivity contribution is 5.93. The molecule has 0 N–H and O–H groups in total. The zero-order valence-corrected chi connectivity index (χ0v) is 16.2. The van der Waals surface area contributed by atoms with E-state index in [0.29, 0.717) is 37.7 Å². The minimum absolute atomic E-state index is 0.0337. The molecule has 6 nitrogen and oxygen atoms in total. The summed E-state index contributed by atoms with van der Waals surface area (Å²) in [6.45, 7) is 3.60. The van der Waals surface area contributed by atoms with Crippen LogP contribution in [-0.2, 0) is 24.3 Å². The van der Waals surface area contributed by atoms with Gasteiger partial charge in [-0.05, 0) is 36.8 Å². The molecule has 6 heteroatoms. The Morgan fingerprint density at radius 2 is 2.00 bits per heavy atom. The first-order valence-corrected chi connectivity index (χ1v) is 9.59. The Bertz CT molecular complexity index is 900. The molecule has 0 saturated carbocycles. The Morgan fingerprint density at radius 1 is 1.22 bits per heavy atom. The van der Waals surface area contributed by atoms with Crippen molar-refractivity contribution in [2.24, 2.45) is 0 Å². The van der Waals surface area contributed by atoms with Gasteiger partial charge < -0.3 is 14.4 Å². The van der Waals surface area contributed by atoms with Crippen molar-refractivity contribution in [2.75, 3.05) is 20.6 Å². The minimum atomic E-state index is -0.0337. The van der Waals surface area contributed by atoms with Crippen LogP contribution < -0.4 is 0 Å². The summed E-state index contributed by atoms with van der Waals surface area (Å²) in [5.74, 6) is 1.28. The van der Waals surface area contributed by atoms with Gasteiger partial charge in [-0.1, -0.05) is 24.3 Å². The Kier molecular flexibility index (Phi) is 4.50. The number of nitrogens with zero attached hydrogens (tertiary/aromatic N) is 4. The third kappa shape index (κ3) is 3.13. The van der Waals surface area contributed by atoms with E-state index in [9.17, 15) is 9.59 Å². The number of carbonyl (C=O) groups is 2. The summed E-state index contributed by atoms with van der Waals surface area (Å²) in [5.41, 5.74) is 4.10. The molecule has 4 rings (SSSR count). The number of hydrogen-bond acceptors (Lipinski definition) is 3. The number of benzene rings is 1. The molecule has 1 aliphatic heterocycles. The SMILES string of the molecule is Cc1nc2n(c1C(=O)N(C)C)CCN(C(=O)C[C@@H]1CCc3ccccc31)C2. The topological polar surface area (TPSA) is 58.4 Å². The van der Waals surface area contributed by atoms with Crippen LogP contribution in [0.3, 0.4) is 0 Å². The molecule has 1 aliphatic carbocycles. The Hall–Kier alpha value is -2.63. The highest BCUT2D eigenvalue weighted by atomic mass is 16.2. The summed E-state index contributed by atoms with van der Waals surface area (Å²) in [6, 6.07) is 8.46. The maximum Gasteiger partial charge on any atom is 0.271 e. The van der Waals surface area contributed by atoms with Gasteiger partial charge in [0, 0.05) is 33.6 Å². The average Bonchev–Trinajstić information content (AvgIpc) is 3.20. The minimum Gasteiger partial charge on any atom is -0.343 e. The lowest BCUT2D eigenvalue weighted by molar-refractivity contribution is -0.133. The Balaban J connectivity index is 1.48. The van der Waals surface area contributed by atoms with Crippen molar-refractivity contribution < 1.29 is 9.59 Å². The average molecular weight is 366 g/mol. The molecule has 1 aromatic heterocycles. The summed E-state index contributed by atoms with van der Waals surface area (Å²) < 4.78 is 1.98. The number of amides is 2. The fourth-order valence-corrected chi connectivity index (χ4v) is 4.36. The third-order valence-electron chi connectivity index (χ3n) is 5.79. The molecule has 1 aromatic carbocycles. The second-order valence-electron chi connectivity index (χ2n) is 7.77. The van der Waals surface area contributed by atoms with Crippen LogP contribution >= 0.6 is 0 Å². The lowest BCUT2D eigenvalue weighted by atomic mass is 9.97. The quantitative estimate of drug-likeness (QED) is 0.838. The summed E-state index contributed by atoms with van der Waals surface area (Å²) in [5, 5.41) is 0. The smallest absolute Gasteiger partial charge is 0.271 e. The van der Waals surface area contributed by atoms with Crippen molar-refractivity contribution in [3.05, 3.63) is 52.6 Å². The number of aryl methyl sites for hydroxylation is 2. The summed E-state index contributed by atoms with van der Waals surface area (Å²) in [6.07, 6.45) is 2.67. The van der Waals surface area contributed by atoms with E-state index in [1.807, 2.05) is 16.4 Å². The summed E-state index contributed by atoms with van der Waals surface area (Å²) >= 11 is 0. The Morgan fingerprint density at radius 3 is 2.78 bits per heavy atom. The standard InChI is InChI=1S/C21H26N4O2/c1-14-20(21(27)23(2)3)25-11-10-24(13-18(25)22-14)19(26)12-16-9-8-15-6-4-5-7-17(15)16/h4-7,16H,8-13H2,1-3H3/t16-/m0/s1. The van der Waals surface area contributed by atoms with E-state index in [1.165, 1.54) is 11.1 Å². The predicted molar refractivity (Wildman–Crippen MR) is 103 cm³/mol. The zero-order chi connectivity index (χ0) is 19.1. The number of carbonyl (C=O) groups excluding carboxylic acids is 2. The van der Waals surface area contributed by atoms with Gasteiger partial charge in [0.15, 0.2) is 0 Å². The lowest BCUT2D eigenvalue weighted by Gasteiger charge is -2.29. The molecule has 1 atom stereocenters. The molecule has 2 heterocycles. The molecule has 2 amide bonds. The molecule has 0 radical (unpaired) electrons. The second-order valence-corrected chi connectivity index (χ2v) is 7.77. The maximum atomic E-state index is 12.9. The first kappa shape index (κ1) is 17.8. The molecule has 27 heavy (non-hydrogen) atoms. The molecule has 0 fully saturated rings. The highest BCUT2D eigenvalue weighted by Crippen LogP contribution is 2.35. The maximum absolute atomic E-state index is 12.9. The van der Waals surface area contributed by atoms with Crippen molar-refractivity contribution in [2.45, 2.75) is 45.2 Å². The van der Waals surface area contributed by atoms with Gasteiger partial charge in [0.1, 0.15) is 11.5 Å². The van der Waals surface area contributed by atoms with Gasteiger partial charge >= 0.3 is 0 Å². The van der Waals surface area contributed by atoms with E-state index < -0.39 is 0 Å². The van der Waals surface area contributed by atoms with Crippen LogP contribution in [0.15, 0.2) is 24.3 Å². The molecule has 0 unspecified atom stereocenters. The number of hydrogen-bond donors (Lipinski definition) is 0. The van der Waals surface area contributed by atoms with Crippen LogP contribution in [0.4, 0.5) is 0 Å². The van der Waals surface area contributed by atoms with Crippen molar-refractivity contribution in [1.29, 1.82) is 0 Å². The van der Waals surface area contributed by atoms with Gasteiger partial charge in [0.2, 0.25) is 5.91 Å². The van der Waals surface area contributed by atoms with E-state index in [-0.39, 0.29) is 11.8 Å². The van der Waals surface area contributed by atoms with Gasteiger partial charge in [-0.15, -0.1) is 0 Å². The monoisotopic (exact) mass is 366 g/mol. The van der Waals surface area contributed by atoms with Gasteiger partial charge in [-0.3, -0.25) is 9.59 Å². The van der Waals surface area contributed by atoms with Gasteiger partial charge in [-0.25, -0.2) is 4.98 Å². The fraction of sp³-hybridized carbons (Fsp3) is 0.476. The number of rotatable bonds is 3. The van der Waals surface area contributed by atoms with E-state index in [1.54, 1.807) is 19.0 Å². The third-order valence-corrected chi connectivity index (χ3v) is 5.79. The molecular formula is C21H26N4O2. The Labute approximate surface area is 159 Å². The first-order valence-electron chi connectivity index (χ1n) is 9.59. The molecular weight excluding hydrogens is 340 g/mol. The van der Waals surface area contributed by atoms with E-state index in [0.717, 1.165) is 24.4 Å². The molecule has 2 aliphatic rings. The van der Waals surface area contributed by atoms with E-state index in [2.05, 4.69) is 29.2 Å². The molecule has 0 bridgehead atoms. The molecule has 0 spiro atoms. The summed E-state index contributed by atoms with van der Waals surface area (Å²) in [4.78, 5) is 33.4. The van der Waals surface area contributed by atoms with Gasteiger partial charge in [0.25, 0.3) is 5.91 Å². The first-order chi connectivity index (χ1) is 13.0. The largest absolute Gasteiger partial charge is 0.343 e. The number of imidazole rings is 1. The fourth-order valence-electron chi connectivity index (χ4n) is 4.36. The number of aromatic nitrogens is 2. The van der Waals surface area contributed by atoms with Crippen molar-refractivity contribution in [3.63, 3.8) is 0 Å². The van der Waals surface area contributed by atoms with Crippen LogP contribution in [0.1, 0.15) is 51.9 Å². The van der Waals surface area contributed by atoms with Gasteiger partial charge in [0.05, 0.1) is 12.2 Å². The van der Waals surface area contributed by atoms with Crippen LogP contribution in [0.2, 0.25) is 0 Å². The van der Waals surface area contributed by atoms with Gasteiger partial charge in [-0.2, -0.15) is 0 Å². The van der Waals surface area contributed by atoms with Crippen molar-refractivity contribution in [3.8, 4) is 0 Å². The normalized spacial score (nSPS) is 18.2. The zero-order valence-electron chi connectivity index (χ0n) is 16.2. The predicted octanol–water partition coefficient (Wildman–Crippen LogP) is 2.36. The molecule has 0 saturated heterocycles. The van der Waals surface area contributed by atoms with Crippen molar-refractivity contribution >= 4 is 11.8 Å². The van der Waals surface area contributed by atoms with Crippen LogP contribution in [-0.4, -0.2) is 51.8 Å².